The Morgan fingerprint density at radius 2 is 2.21 bits per heavy atom. The van der Waals surface area contributed by atoms with E-state index in [0.29, 0.717) is 5.69 Å². The topological polar surface area (TPSA) is 96.0 Å². The van der Waals surface area contributed by atoms with Crippen LogP contribution in [-0.2, 0) is 10.0 Å². The second-order valence-electron chi connectivity index (χ2n) is 3.66. The molecule has 1 heterocycles. The number of nitrogens with zero attached hydrogens (tertiary/aromatic N) is 2. The van der Waals surface area contributed by atoms with Gasteiger partial charge in [0.05, 0.1) is 5.69 Å². The molecule has 1 aromatic carbocycles. The van der Waals surface area contributed by atoms with Crippen LogP contribution in [-0.4, -0.2) is 13.6 Å². The second kappa shape index (κ2) is 4.70. The first-order valence-electron chi connectivity index (χ1n) is 5.09. The van der Waals surface area contributed by atoms with Crippen LogP contribution in [0.4, 0.5) is 10.3 Å². The number of benzene rings is 1. The number of halogens is 1. The van der Waals surface area contributed by atoms with E-state index in [2.05, 4.69) is 9.88 Å². The maximum absolute atomic E-state index is 13.4. The summed E-state index contributed by atoms with van der Waals surface area (Å²) < 4.78 is 44.2. The van der Waals surface area contributed by atoms with Crippen LogP contribution in [0.1, 0.15) is 11.3 Å². The van der Waals surface area contributed by atoms with Gasteiger partial charge in [-0.2, -0.15) is 5.26 Å². The quantitative estimate of drug-likeness (QED) is 0.925. The van der Waals surface area contributed by atoms with E-state index in [1.54, 1.807) is 6.92 Å². The van der Waals surface area contributed by atoms with E-state index >= 15 is 0 Å². The summed E-state index contributed by atoms with van der Waals surface area (Å²) in [6, 6.07) is 6.23. The van der Waals surface area contributed by atoms with Crippen molar-refractivity contribution in [1.29, 1.82) is 5.26 Å². The first-order chi connectivity index (χ1) is 8.94. The van der Waals surface area contributed by atoms with Gasteiger partial charge in [0, 0.05) is 6.07 Å². The van der Waals surface area contributed by atoms with Crippen molar-refractivity contribution in [3.63, 3.8) is 0 Å². The van der Waals surface area contributed by atoms with Gasteiger partial charge in [0.15, 0.2) is 0 Å². The Labute approximate surface area is 108 Å². The van der Waals surface area contributed by atoms with Gasteiger partial charge in [0.2, 0.25) is 5.88 Å². The molecule has 2 rings (SSSR count). The Morgan fingerprint density at radius 3 is 2.79 bits per heavy atom. The molecule has 0 saturated carbocycles. The molecule has 1 aromatic heterocycles. The predicted molar refractivity (Wildman–Crippen MR) is 63.2 cm³/mol. The van der Waals surface area contributed by atoms with Crippen molar-refractivity contribution in [2.24, 2.45) is 0 Å². The van der Waals surface area contributed by atoms with Gasteiger partial charge in [-0.25, -0.2) is 17.5 Å². The van der Waals surface area contributed by atoms with Crippen LogP contribution in [0.15, 0.2) is 33.7 Å². The number of hydrogen-bond acceptors (Lipinski definition) is 5. The van der Waals surface area contributed by atoms with E-state index in [0.717, 1.165) is 12.1 Å². The Kier molecular flexibility index (Phi) is 3.23. The molecule has 0 aliphatic rings. The number of aryl methyl sites for hydroxylation is 1. The van der Waals surface area contributed by atoms with E-state index < -0.39 is 26.3 Å². The zero-order valence-corrected chi connectivity index (χ0v) is 10.5. The SMILES string of the molecule is Cc1cc(NS(=O)(=O)c2cccc(F)c2C#N)on1. The van der Waals surface area contributed by atoms with Gasteiger partial charge in [-0.1, -0.05) is 11.2 Å². The van der Waals surface area contributed by atoms with Crippen LogP contribution in [0.3, 0.4) is 0 Å². The zero-order chi connectivity index (χ0) is 14.0. The summed E-state index contributed by atoms with van der Waals surface area (Å²) in [6.07, 6.45) is 0. The lowest BCUT2D eigenvalue weighted by atomic mass is 10.2. The maximum atomic E-state index is 13.4. The normalized spacial score (nSPS) is 11.0. The third kappa shape index (κ3) is 2.56. The highest BCUT2D eigenvalue weighted by atomic mass is 32.2. The molecule has 0 bridgehead atoms. The number of nitriles is 1. The summed E-state index contributed by atoms with van der Waals surface area (Å²) in [5, 5.41) is 12.3. The minimum atomic E-state index is -4.11. The molecule has 0 radical (unpaired) electrons. The molecule has 0 atom stereocenters. The van der Waals surface area contributed by atoms with Crippen molar-refractivity contribution in [3.8, 4) is 6.07 Å². The van der Waals surface area contributed by atoms with Crippen molar-refractivity contribution in [3.05, 3.63) is 41.3 Å². The lowest BCUT2D eigenvalue weighted by molar-refractivity contribution is 0.430. The lowest BCUT2D eigenvalue weighted by Gasteiger charge is -2.06. The Hall–Kier alpha value is -2.40. The average Bonchev–Trinajstić information content (AvgIpc) is 2.73. The molecule has 0 saturated heterocycles. The molecule has 0 unspecified atom stereocenters. The summed E-state index contributed by atoms with van der Waals surface area (Å²) in [5.74, 6) is -1.01. The molecular formula is C11H8FN3O3S. The van der Waals surface area contributed by atoms with E-state index in [1.165, 1.54) is 18.2 Å². The summed E-state index contributed by atoms with van der Waals surface area (Å²) in [7, 11) is -4.11. The van der Waals surface area contributed by atoms with Crippen LogP contribution in [0.5, 0.6) is 0 Å². The summed E-state index contributed by atoms with van der Waals surface area (Å²) >= 11 is 0. The van der Waals surface area contributed by atoms with Crippen molar-refractivity contribution in [2.75, 3.05) is 4.72 Å². The van der Waals surface area contributed by atoms with Crippen LogP contribution in [0, 0.1) is 24.1 Å². The molecule has 0 spiro atoms. The van der Waals surface area contributed by atoms with E-state index in [4.69, 9.17) is 9.78 Å². The highest BCUT2D eigenvalue weighted by molar-refractivity contribution is 7.92. The fourth-order valence-electron chi connectivity index (χ4n) is 1.44. The molecule has 19 heavy (non-hydrogen) atoms. The highest BCUT2D eigenvalue weighted by Gasteiger charge is 2.22. The molecular weight excluding hydrogens is 273 g/mol. The number of nitrogens with one attached hydrogen (secondary N) is 1. The third-order valence-electron chi connectivity index (χ3n) is 2.24. The largest absolute Gasteiger partial charge is 0.338 e. The molecule has 2 aromatic rings. The van der Waals surface area contributed by atoms with Gasteiger partial charge in [-0.05, 0) is 19.1 Å². The number of anilines is 1. The minimum absolute atomic E-state index is 0.106. The molecule has 8 heteroatoms. The van der Waals surface area contributed by atoms with Gasteiger partial charge in [-0.15, -0.1) is 0 Å². The van der Waals surface area contributed by atoms with E-state index in [-0.39, 0.29) is 5.88 Å². The van der Waals surface area contributed by atoms with Crippen molar-refractivity contribution >= 4 is 15.9 Å². The summed E-state index contributed by atoms with van der Waals surface area (Å²) in [6.45, 7) is 1.62. The molecule has 0 aliphatic carbocycles. The van der Waals surface area contributed by atoms with Crippen LogP contribution in [0.25, 0.3) is 0 Å². The van der Waals surface area contributed by atoms with E-state index in [9.17, 15) is 12.8 Å². The monoisotopic (exact) mass is 281 g/mol. The van der Waals surface area contributed by atoms with E-state index in [1.807, 2.05) is 0 Å². The first kappa shape index (κ1) is 13.0. The smallest absolute Gasteiger partial charge is 0.265 e. The molecule has 0 aliphatic heterocycles. The minimum Gasteiger partial charge on any atom is -0.338 e. The van der Waals surface area contributed by atoms with Crippen molar-refractivity contribution in [1.82, 2.24) is 5.16 Å². The number of hydrogen-bond donors (Lipinski definition) is 1. The second-order valence-corrected chi connectivity index (χ2v) is 5.31. The predicted octanol–water partition coefficient (Wildman–Crippen LogP) is 1.79. The van der Waals surface area contributed by atoms with Crippen molar-refractivity contribution in [2.45, 2.75) is 11.8 Å². The highest BCUT2D eigenvalue weighted by Crippen LogP contribution is 2.21. The Bertz CT molecular complexity index is 762. The van der Waals surface area contributed by atoms with Crippen molar-refractivity contribution < 1.29 is 17.3 Å². The average molecular weight is 281 g/mol. The fraction of sp³-hybridized carbons (Fsp3) is 0.0909. The van der Waals surface area contributed by atoms with Gasteiger partial charge in [0.1, 0.15) is 22.3 Å². The summed E-state index contributed by atoms with van der Waals surface area (Å²) in [5.41, 5.74) is -0.0660. The maximum Gasteiger partial charge on any atom is 0.265 e. The fourth-order valence-corrected chi connectivity index (χ4v) is 2.58. The lowest BCUT2D eigenvalue weighted by Crippen LogP contribution is -2.14. The molecule has 0 amide bonds. The van der Waals surface area contributed by atoms with Gasteiger partial charge >= 0.3 is 0 Å². The van der Waals surface area contributed by atoms with Crippen LogP contribution in [0.2, 0.25) is 0 Å². The molecule has 6 nitrogen and oxygen atoms in total. The number of sulfonamides is 1. The van der Waals surface area contributed by atoms with Gasteiger partial charge in [0.25, 0.3) is 10.0 Å². The first-order valence-corrected chi connectivity index (χ1v) is 6.57. The third-order valence-corrected chi connectivity index (χ3v) is 3.63. The zero-order valence-electron chi connectivity index (χ0n) is 9.71. The summed E-state index contributed by atoms with van der Waals surface area (Å²) in [4.78, 5) is -0.455. The van der Waals surface area contributed by atoms with Crippen LogP contribution < -0.4 is 4.72 Å². The Balaban J connectivity index is 2.46. The molecule has 1 N–H and O–H groups in total. The molecule has 0 fully saturated rings. The van der Waals surface area contributed by atoms with Crippen LogP contribution >= 0.6 is 0 Å². The standard InChI is InChI=1S/C11H8FN3O3S/c1-7-5-11(18-14-7)15-19(16,17)10-4-2-3-9(12)8(10)6-13/h2-5,15H,1H3. The number of rotatable bonds is 3. The van der Waals surface area contributed by atoms with Gasteiger partial charge in [-0.3, -0.25) is 0 Å². The Morgan fingerprint density at radius 1 is 1.47 bits per heavy atom. The van der Waals surface area contributed by atoms with Gasteiger partial charge < -0.3 is 4.52 Å². The molecule has 98 valence electrons. The number of aromatic nitrogens is 1.